The van der Waals surface area contributed by atoms with Gasteiger partial charge in [0.05, 0.1) is 5.69 Å². The maximum atomic E-state index is 13.2. The highest BCUT2D eigenvalue weighted by molar-refractivity contribution is 5.62. The lowest BCUT2D eigenvalue weighted by molar-refractivity contribution is -0.144. The van der Waals surface area contributed by atoms with Crippen LogP contribution in [-0.2, 0) is 6.18 Å². The van der Waals surface area contributed by atoms with Crippen molar-refractivity contribution < 1.29 is 17.6 Å². The number of hydrogen-bond donors (Lipinski definition) is 1. The molecule has 21 heavy (non-hydrogen) atoms. The van der Waals surface area contributed by atoms with Crippen molar-refractivity contribution in [3.05, 3.63) is 42.0 Å². The highest BCUT2D eigenvalue weighted by Crippen LogP contribution is 2.30. The number of halogens is 4. The molecule has 0 aliphatic heterocycles. The fraction of sp³-hybridized carbons (Fsp3) is 0.286. The molecular weight excluding hydrogens is 286 g/mol. The van der Waals surface area contributed by atoms with Crippen LogP contribution in [0.4, 0.5) is 23.4 Å². The Morgan fingerprint density at radius 1 is 1.14 bits per heavy atom. The van der Waals surface area contributed by atoms with Crippen LogP contribution in [-0.4, -0.2) is 16.5 Å². The first-order valence-corrected chi connectivity index (χ1v) is 6.36. The normalized spacial score (nSPS) is 11.5. The van der Waals surface area contributed by atoms with E-state index in [1.807, 2.05) is 6.92 Å². The van der Waals surface area contributed by atoms with E-state index >= 15 is 0 Å². The van der Waals surface area contributed by atoms with Crippen molar-refractivity contribution in [2.75, 3.05) is 11.9 Å². The maximum absolute atomic E-state index is 13.2. The fourth-order valence-corrected chi connectivity index (χ4v) is 1.71. The molecule has 1 aromatic carbocycles. The largest absolute Gasteiger partial charge is 0.451 e. The van der Waals surface area contributed by atoms with Gasteiger partial charge in [-0.05, 0) is 18.6 Å². The van der Waals surface area contributed by atoms with Crippen LogP contribution in [0.5, 0.6) is 0 Å². The van der Waals surface area contributed by atoms with Gasteiger partial charge >= 0.3 is 6.18 Å². The van der Waals surface area contributed by atoms with E-state index in [1.54, 1.807) is 0 Å². The van der Waals surface area contributed by atoms with E-state index in [0.29, 0.717) is 6.54 Å². The number of nitrogens with zero attached hydrogens (tertiary/aromatic N) is 2. The number of anilines is 1. The van der Waals surface area contributed by atoms with Gasteiger partial charge in [-0.3, -0.25) is 0 Å². The molecule has 1 aromatic heterocycles. The molecule has 2 aromatic rings. The number of hydrogen-bond acceptors (Lipinski definition) is 3. The maximum Gasteiger partial charge on any atom is 0.451 e. The SMILES string of the molecule is CCCNc1cc(-c2cccc(F)c2)nc(C(F)(F)F)n1. The molecule has 1 N–H and O–H groups in total. The van der Waals surface area contributed by atoms with Crippen LogP contribution in [0.1, 0.15) is 19.2 Å². The second-order valence-electron chi connectivity index (χ2n) is 4.40. The van der Waals surface area contributed by atoms with Crippen LogP contribution in [0.15, 0.2) is 30.3 Å². The van der Waals surface area contributed by atoms with Crippen molar-refractivity contribution in [2.45, 2.75) is 19.5 Å². The zero-order chi connectivity index (χ0) is 15.5. The van der Waals surface area contributed by atoms with Gasteiger partial charge in [0, 0.05) is 18.2 Å². The Morgan fingerprint density at radius 2 is 1.90 bits per heavy atom. The van der Waals surface area contributed by atoms with Crippen LogP contribution in [0, 0.1) is 5.82 Å². The predicted molar refractivity (Wildman–Crippen MR) is 71.2 cm³/mol. The molecule has 7 heteroatoms. The molecule has 1 heterocycles. The third-order valence-corrected chi connectivity index (χ3v) is 2.66. The van der Waals surface area contributed by atoms with Gasteiger partial charge in [-0.25, -0.2) is 14.4 Å². The van der Waals surface area contributed by atoms with Crippen LogP contribution in [0.25, 0.3) is 11.3 Å². The number of aromatic nitrogens is 2. The molecule has 0 saturated heterocycles. The van der Waals surface area contributed by atoms with Gasteiger partial charge in [-0.15, -0.1) is 0 Å². The third kappa shape index (κ3) is 3.90. The summed E-state index contributed by atoms with van der Waals surface area (Å²) in [6.07, 6.45) is -3.92. The molecule has 0 fully saturated rings. The van der Waals surface area contributed by atoms with Crippen molar-refractivity contribution in [3.63, 3.8) is 0 Å². The van der Waals surface area contributed by atoms with Crippen molar-refractivity contribution in [2.24, 2.45) is 0 Å². The number of rotatable bonds is 4. The summed E-state index contributed by atoms with van der Waals surface area (Å²) in [4.78, 5) is 6.93. The Hall–Kier alpha value is -2.18. The molecule has 3 nitrogen and oxygen atoms in total. The van der Waals surface area contributed by atoms with Gasteiger partial charge in [-0.1, -0.05) is 19.1 Å². The Labute approximate surface area is 119 Å². The first-order valence-electron chi connectivity index (χ1n) is 6.36. The monoisotopic (exact) mass is 299 g/mol. The lowest BCUT2D eigenvalue weighted by atomic mass is 10.1. The Morgan fingerprint density at radius 3 is 2.52 bits per heavy atom. The number of nitrogens with one attached hydrogen (secondary N) is 1. The van der Waals surface area contributed by atoms with Crippen LogP contribution in [0.2, 0.25) is 0 Å². The summed E-state index contributed by atoms with van der Waals surface area (Å²) in [5, 5.41) is 2.79. The molecule has 0 aliphatic carbocycles. The van der Waals surface area contributed by atoms with Crippen molar-refractivity contribution in [1.29, 1.82) is 0 Å². The van der Waals surface area contributed by atoms with Gasteiger partial charge in [0.15, 0.2) is 0 Å². The summed E-state index contributed by atoms with van der Waals surface area (Å²) in [5.74, 6) is -1.72. The predicted octanol–water partition coefficient (Wildman–Crippen LogP) is 4.12. The highest BCUT2D eigenvalue weighted by Gasteiger charge is 2.35. The summed E-state index contributed by atoms with van der Waals surface area (Å²) in [5.41, 5.74) is 0.290. The zero-order valence-corrected chi connectivity index (χ0v) is 11.2. The summed E-state index contributed by atoms with van der Waals surface area (Å²) in [6.45, 7) is 2.36. The molecule has 0 aliphatic rings. The summed E-state index contributed by atoms with van der Waals surface area (Å²) >= 11 is 0. The quantitative estimate of drug-likeness (QED) is 0.863. The molecule has 0 bridgehead atoms. The summed E-state index contributed by atoms with van der Waals surface area (Å²) in [6, 6.07) is 6.63. The number of benzene rings is 1. The van der Waals surface area contributed by atoms with Gasteiger partial charge in [0.25, 0.3) is 0 Å². The average Bonchev–Trinajstić information content (AvgIpc) is 2.44. The van der Waals surface area contributed by atoms with Crippen LogP contribution in [0.3, 0.4) is 0 Å². The minimum Gasteiger partial charge on any atom is -0.370 e. The molecule has 0 spiro atoms. The van der Waals surface area contributed by atoms with E-state index in [2.05, 4.69) is 15.3 Å². The third-order valence-electron chi connectivity index (χ3n) is 2.66. The minimum absolute atomic E-state index is 0.0235. The molecule has 0 amide bonds. The lowest BCUT2D eigenvalue weighted by Gasteiger charge is -2.11. The Balaban J connectivity index is 2.49. The molecule has 0 unspecified atom stereocenters. The van der Waals surface area contributed by atoms with Crippen LogP contribution < -0.4 is 5.32 Å². The summed E-state index contributed by atoms with van der Waals surface area (Å²) in [7, 11) is 0. The van der Waals surface area contributed by atoms with E-state index in [9.17, 15) is 17.6 Å². The zero-order valence-electron chi connectivity index (χ0n) is 11.2. The van der Waals surface area contributed by atoms with E-state index in [-0.39, 0.29) is 17.1 Å². The second-order valence-corrected chi connectivity index (χ2v) is 4.40. The topological polar surface area (TPSA) is 37.8 Å². The average molecular weight is 299 g/mol. The van der Waals surface area contributed by atoms with Crippen molar-refractivity contribution in [1.82, 2.24) is 9.97 Å². The second kappa shape index (κ2) is 6.07. The lowest BCUT2D eigenvalue weighted by Crippen LogP contribution is -2.14. The highest BCUT2D eigenvalue weighted by atomic mass is 19.4. The van der Waals surface area contributed by atoms with E-state index in [0.717, 1.165) is 12.5 Å². The summed E-state index contributed by atoms with van der Waals surface area (Å²) < 4.78 is 51.7. The van der Waals surface area contributed by atoms with Crippen molar-refractivity contribution in [3.8, 4) is 11.3 Å². The van der Waals surface area contributed by atoms with E-state index in [4.69, 9.17) is 0 Å². The van der Waals surface area contributed by atoms with Gasteiger partial charge in [-0.2, -0.15) is 13.2 Å². The molecule has 0 radical (unpaired) electrons. The Kier molecular flexibility index (Phi) is 4.40. The standard InChI is InChI=1S/C14H13F4N3/c1-2-6-19-12-8-11(9-4-3-5-10(15)7-9)20-13(21-12)14(16,17)18/h3-5,7-8H,2,6H2,1H3,(H,19,20,21). The Bertz CT molecular complexity index is 626. The van der Waals surface area contributed by atoms with Gasteiger partial charge in [0.1, 0.15) is 11.6 Å². The molecule has 0 saturated carbocycles. The number of alkyl halides is 3. The smallest absolute Gasteiger partial charge is 0.370 e. The molecular formula is C14H13F4N3. The van der Waals surface area contributed by atoms with E-state index < -0.39 is 17.8 Å². The van der Waals surface area contributed by atoms with Crippen molar-refractivity contribution >= 4 is 5.82 Å². The first kappa shape index (κ1) is 15.2. The first-order chi connectivity index (χ1) is 9.90. The van der Waals surface area contributed by atoms with Gasteiger partial charge in [0.2, 0.25) is 5.82 Å². The molecule has 112 valence electrons. The molecule has 0 atom stereocenters. The van der Waals surface area contributed by atoms with E-state index in [1.165, 1.54) is 24.3 Å². The molecule has 2 rings (SSSR count). The fourth-order valence-electron chi connectivity index (χ4n) is 1.71. The van der Waals surface area contributed by atoms with Gasteiger partial charge < -0.3 is 5.32 Å². The van der Waals surface area contributed by atoms with Crippen LogP contribution >= 0.6 is 0 Å². The minimum atomic E-state index is -4.66.